The molecule has 2 heterocycles. The highest BCUT2D eigenvalue weighted by atomic mass is 35.5. The smallest absolute Gasteiger partial charge is 0.352 e. The molecule has 0 radical (unpaired) electrons. The number of pyridine rings is 1. The zero-order chi connectivity index (χ0) is 21.9. The lowest BCUT2D eigenvalue weighted by atomic mass is 10.2. The van der Waals surface area contributed by atoms with Crippen LogP contribution in [-0.4, -0.2) is 54.4 Å². The maximum Gasteiger partial charge on any atom is 0.417 e. The fourth-order valence-corrected chi connectivity index (χ4v) is 3.24. The predicted octanol–water partition coefficient (Wildman–Crippen LogP) is 2.97. The van der Waals surface area contributed by atoms with E-state index in [2.05, 4.69) is 10.3 Å². The third-order valence-electron chi connectivity index (χ3n) is 4.59. The van der Waals surface area contributed by atoms with Crippen molar-refractivity contribution in [3.63, 3.8) is 0 Å². The highest BCUT2D eigenvalue weighted by Gasteiger charge is 2.32. The van der Waals surface area contributed by atoms with Crippen molar-refractivity contribution in [1.82, 2.24) is 15.2 Å². The number of nitrogens with zero attached hydrogens (tertiary/aromatic N) is 3. The van der Waals surface area contributed by atoms with Gasteiger partial charge in [0.2, 0.25) is 5.91 Å². The summed E-state index contributed by atoms with van der Waals surface area (Å²) >= 11 is 5.96. The number of alkyl halides is 3. The Morgan fingerprint density at radius 2 is 1.73 bits per heavy atom. The number of halogens is 5. The number of anilines is 1. The molecule has 1 aliphatic rings. The summed E-state index contributed by atoms with van der Waals surface area (Å²) in [6.07, 6.45) is -3.80. The molecule has 0 atom stereocenters. The highest BCUT2D eigenvalue weighted by Crippen LogP contribution is 2.33. The van der Waals surface area contributed by atoms with E-state index in [0.29, 0.717) is 26.2 Å². The summed E-state index contributed by atoms with van der Waals surface area (Å²) in [7, 11) is 0. The summed E-state index contributed by atoms with van der Waals surface area (Å²) < 4.78 is 51.1. The predicted molar refractivity (Wildman–Crippen MR) is 102 cm³/mol. The third kappa shape index (κ3) is 5.18. The second-order valence-corrected chi connectivity index (χ2v) is 6.99. The van der Waals surface area contributed by atoms with Crippen molar-refractivity contribution in [2.24, 2.45) is 0 Å². The van der Waals surface area contributed by atoms with Gasteiger partial charge in [-0.3, -0.25) is 9.59 Å². The van der Waals surface area contributed by atoms with Gasteiger partial charge >= 0.3 is 6.18 Å². The Morgan fingerprint density at radius 1 is 1.10 bits per heavy atom. The Labute approximate surface area is 174 Å². The molecule has 1 saturated heterocycles. The first-order chi connectivity index (χ1) is 14.1. The molecule has 11 heteroatoms. The van der Waals surface area contributed by atoms with Crippen LogP contribution in [0.1, 0.15) is 15.9 Å². The van der Waals surface area contributed by atoms with Gasteiger partial charge in [0, 0.05) is 37.9 Å². The monoisotopic (exact) mass is 444 g/mol. The molecular weight excluding hydrogens is 428 g/mol. The Morgan fingerprint density at radius 3 is 2.30 bits per heavy atom. The van der Waals surface area contributed by atoms with Gasteiger partial charge in [0.05, 0.1) is 17.1 Å². The molecule has 2 aromatic rings. The maximum absolute atomic E-state index is 12.9. The average molecular weight is 445 g/mol. The summed E-state index contributed by atoms with van der Waals surface area (Å²) in [4.78, 5) is 31.4. The van der Waals surface area contributed by atoms with Gasteiger partial charge in [-0.2, -0.15) is 13.2 Å². The summed E-state index contributed by atoms with van der Waals surface area (Å²) in [5.74, 6) is -1.05. The van der Waals surface area contributed by atoms with E-state index < -0.39 is 23.5 Å². The van der Waals surface area contributed by atoms with E-state index in [0.717, 1.165) is 24.4 Å². The number of benzene rings is 1. The SMILES string of the molecule is O=C(NCC(=O)N1CCN(c2ncc(C(F)(F)F)cc2Cl)CC1)c1ccc(F)cc1. The molecule has 1 aliphatic heterocycles. The molecule has 0 unspecified atom stereocenters. The topological polar surface area (TPSA) is 65.5 Å². The lowest BCUT2D eigenvalue weighted by Gasteiger charge is -2.35. The molecule has 6 nitrogen and oxygen atoms in total. The van der Waals surface area contributed by atoms with E-state index in [1.807, 2.05) is 0 Å². The van der Waals surface area contributed by atoms with Crippen LogP contribution in [0, 0.1) is 5.82 Å². The number of carbonyl (C=O) groups is 2. The fraction of sp³-hybridized carbons (Fsp3) is 0.316. The van der Waals surface area contributed by atoms with Crippen molar-refractivity contribution in [2.45, 2.75) is 6.18 Å². The van der Waals surface area contributed by atoms with Crippen molar-refractivity contribution >= 4 is 29.2 Å². The van der Waals surface area contributed by atoms with E-state index in [9.17, 15) is 27.2 Å². The number of amides is 2. The van der Waals surface area contributed by atoms with Crippen LogP contribution in [0.15, 0.2) is 36.5 Å². The first-order valence-corrected chi connectivity index (χ1v) is 9.32. The van der Waals surface area contributed by atoms with Gasteiger partial charge in [-0.15, -0.1) is 0 Å². The number of hydrogen-bond donors (Lipinski definition) is 1. The molecule has 160 valence electrons. The van der Waals surface area contributed by atoms with Crippen LogP contribution < -0.4 is 10.2 Å². The maximum atomic E-state index is 12.9. The zero-order valence-electron chi connectivity index (χ0n) is 15.5. The number of rotatable bonds is 4. The van der Waals surface area contributed by atoms with E-state index in [1.54, 1.807) is 4.90 Å². The minimum Gasteiger partial charge on any atom is -0.352 e. The molecule has 0 saturated carbocycles. The van der Waals surface area contributed by atoms with Crippen molar-refractivity contribution in [3.8, 4) is 0 Å². The molecule has 0 spiro atoms. The summed E-state index contributed by atoms with van der Waals surface area (Å²) in [6.45, 7) is 1.02. The van der Waals surface area contributed by atoms with Gasteiger partial charge in [-0.1, -0.05) is 11.6 Å². The van der Waals surface area contributed by atoms with Crippen LogP contribution in [0.3, 0.4) is 0 Å². The standard InChI is InChI=1S/C19H17ClF4N4O2/c20-15-9-13(19(22,23)24)10-25-17(15)28-7-5-27(6-8-28)16(29)11-26-18(30)12-1-3-14(21)4-2-12/h1-4,9-10H,5-8,11H2,(H,26,30). The number of carbonyl (C=O) groups excluding carboxylic acids is 2. The van der Waals surface area contributed by atoms with Gasteiger partial charge in [-0.25, -0.2) is 9.37 Å². The largest absolute Gasteiger partial charge is 0.417 e. The summed E-state index contributed by atoms with van der Waals surface area (Å²) in [6, 6.07) is 5.75. The Bertz CT molecular complexity index is 929. The molecular formula is C19H17ClF4N4O2. The third-order valence-corrected chi connectivity index (χ3v) is 4.87. The Hall–Kier alpha value is -2.88. The van der Waals surface area contributed by atoms with E-state index in [4.69, 9.17) is 11.6 Å². The molecule has 0 bridgehead atoms. The van der Waals surface area contributed by atoms with Crippen LogP contribution >= 0.6 is 11.6 Å². The number of piperazine rings is 1. The van der Waals surface area contributed by atoms with Crippen molar-refractivity contribution in [1.29, 1.82) is 0 Å². The number of aromatic nitrogens is 1. The summed E-state index contributed by atoms with van der Waals surface area (Å²) in [5.41, 5.74) is -0.695. The number of nitrogens with one attached hydrogen (secondary N) is 1. The normalized spacial score (nSPS) is 14.6. The van der Waals surface area contributed by atoms with E-state index >= 15 is 0 Å². The first-order valence-electron chi connectivity index (χ1n) is 8.94. The minimum atomic E-state index is -4.53. The first kappa shape index (κ1) is 21.8. The molecule has 1 N–H and O–H groups in total. The zero-order valence-corrected chi connectivity index (χ0v) is 16.3. The van der Waals surface area contributed by atoms with E-state index in [1.165, 1.54) is 17.0 Å². The quantitative estimate of drug-likeness (QED) is 0.736. The lowest BCUT2D eigenvalue weighted by molar-refractivity contribution is -0.137. The average Bonchev–Trinajstić information content (AvgIpc) is 2.71. The lowest BCUT2D eigenvalue weighted by Crippen LogP contribution is -2.51. The minimum absolute atomic E-state index is 0.115. The van der Waals surface area contributed by atoms with Gasteiger partial charge < -0.3 is 15.1 Å². The van der Waals surface area contributed by atoms with Gasteiger partial charge in [0.1, 0.15) is 11.6 Å². The van der Waals surface area contributed by atoms with Crippen molar-refractivity contribution in [3.05, 3.63) is 58.5 Å². The van der Waals surface area contributed by atoms with Crippen molar-refractivity contribution < 1.29 is 27.2 Å². The van der Waals surface area contributed by atoms with E-state index in [-0.39, 0.29) is 28.9 Å². The Balaban J connectivity index is 1.52. The van der Waals surface area contributed by atoms with Gasteiger partial charge in [0.15, 0.2) is 0 Å². The molecule has 0 aliphatic carbocycles. The molecule has 30 heavy (non-hydrogen) atoms. The molecule has 1 fully saturated rings. The van der Waals surface area contributed by atoms with Crippen LogP contribution in [0.25, 0.3) is 0 Å². The molecule has 2 amide bonds. The molecule has 3 rings (SSSR count). The second kappa shape index (κ2) is 8.86. The van der Waals surface area contributed by atoms with Crippen LogP contribution in [-0.2, 0) is 11.0 Å². The molecule has 1 aromatic heterocycles. The molecule has 1 aromatic carbocycles. The Kier molecular flexibility index (Phi) is 6.45. The highest BCUT2D eigenvalue weighted by molar-refractivity contribution is 6.33. The van der Waals surface area contributed by atoms with Crippen molar-refractivity contribution in [2.75, 3.05) is 37.6 Å². The van der Waals surface area contributed by atoms with Gasteiger partial charge in [-0.05, 0) is 30.3 Å². The summed E-state index contributed by atoms with van der Waals surface area (Å²) in [5, 5.41) is 2.37. The second-order valence-electron chi connectivity index (χ2n) is 6.58. The fourth-order valence-electron chi connectivity index (χ4n) is 2.96. The van der Waals surface area contributed by atoms with Crippen LogP contribution in [0.2, 0.25) is 5.02 Å². The van der Waals surface area contributed by atoms with Crippen LogP contribution in [0.5, 0.6) is 0 Å². The van der Waals surface area contributed by atoms with Crippen LogP contribution in [0.4, 0.5) is 23.4 Å². The van der Waals surface area contributed by atoms with Gasteiger partial charge in [0.25, 0.3) is 5.91 Å². The number of hydrogen-bond acceptors (Lipinski definition) is 4.